The number of primary amides is 1. The number of halogens is 3. The third kappa shape index (κ3) is 5.46. The Balaban J connectivity index is 1.55. The van der Waals surface area contributed by atoms with Gasteiger partial charge in [0.1, 0.15) is 23.0 Å². The van der Waals surface area contributed by atoms with Crippen LogP contribution in [0.4, 0.5) is 14.5 Å². The molecule has 4 aromatic rings. The van der Waals surface area contributed by atoms with Crippen molar-refractivity contribution in [2.24, 2.45) is 5.73 Å². The van der Waals surface area contributed by atoms with Crippen LogP contribution in [-0.2, 0) is 24.1 Å². The molecular weight excluding hydrogens is 566 g/mol. The molecule has 192 valence electrons. The van der Waals surface area contributed by atoms with Crippen LogP contribution in [0.5, 0.6) is 0 Å². The van der Waals surface area contributed by atoms with E-state index in [1.165, 1.54) is 22.5 Å². The minimum atomic E-state index is -2.61. The fourth-order valence-electron chi connectivity index (χ4n) is 4.52. The number of hydrogen-bond acceptors (Lipinski definition) is 4. The smallest absolute Gasteiger partial charge is 0.252 e. The average molecular weight is 588 g/mol. The summed E-state index contributed by atoms with van der Waals surface area (Å²) in [6.07, 6.45) is 2.29. The second kappa shape index (κ2) is 10.4. The van der Waals surface area contributed by atoms with Gasteiger partial charge in [0.15, 0.2) is 0 Å². The molecule has 10 heteroatoms. The van der Waals surface area contributed by atoms with Gasteiger partial charge in [-0.1, -0.05) is 18.2 Å². The van der Waals surface area contributed by atoms with Gasteiger partial charge in [0, 0.05) is 35.7 Å². The minimum Gasteiger partial charge on any atom is -0.755 e. The number of carbonyl (C=O) groups excluding carboxylic acids is 1. The Morgan fingerprint density at radius 2 is 1.81 bits per heavy atom. The second-order valence-electron chi connectivity index (χ2n) is 9.07. The molecule has 0 saturated heterocycles. The van der Waals surface area contributed by atoms with Gasteiger partial charge in [0.25, 0.3) is 5.91 Å². The topological polar surface area (TPSA) is 99.6 Å². The highest BCUT2D eigenvalue weighted by atomic mass is 79.9. The lowest BCUT2D eigenvalue weighted by Gasteiger charge is -2.28. The van der Waals surface area contributed by atoms with Gasteiger partial charge < -0.3 is 19.0 Å². The van der Waals surface area contributed by atoms with Crippen molar-refractivity contribution in [2.75, 3.05) is 10.8 Å². The summed E-state index contributed by atoms with van der Waals surface area (Å²) >= 11 is 0.513. The van der Waals surface area contributed by atoms with Crippen LogP contribution in [0, 0.1) is 11.6 Å². The summed E-state index contributed by atoms with van der Waals surface area (Å²) in [5, 5.41) is 0.516. The van der Waals surface area contributed by atoms with E-state index in [2.05, 4.69) is 15.9 Å². The summed E-state index contributed by atoms with van der Waals surface area (Å²) < 4.78 is 59.6. The van der Waals surface area contributed by atoms with Gasteiger partial charge in [0.05, 0.1) is 15.7 Å². The van der Waals surface area contributed by atoms with Crippen LogP contribution in [0.1, 0.15) is 51.6 Å². The zero-order valence-corrected chi connectivity index (χ0v) is 21.9. The van der Waals surface area contributed by atoms with E-state index in [1.807, 2.05) is 0 Å². The van der Waals surface area contributed by atoms with Crippen molar-refractivity contribution < 1.29 is 26.8 Å². The molecule has 0 radical (unpaired) electrons. The van der Waals surface area contributed by atoms with Gasteiger partial charge in [-0.3, -0.25) is 9.00 Å². The summed E-state index contributed by atoms with van der Waals surface area (Å²) in [4.78, 5) is 12.4. The van der Waals surface area contributed by atoms with Gasteiger partial charge in [-0.2, -0.15) is 0 Å². The van der Waals surface area contributed by atoms with Crippen LogP contribution in [0.25, 0.3) is 11.0 Å². The number of nitrogens with two attached hydrogens (primary N) is 1. The number of anilines is 1. The predicted molar refractivity (Wildman–Crippen MR) is 140 cm³/mol. The van der Waals surface area contributed by atoms with E-state index in [1.54, 1.807) is 36.4 Å². The lowest BCUT2D eigenvalue weighted by molar-refractivity contribution is 0.1000. The van der Waals surface area contributed by atoms with Gasteiger partial charge in [-0.05, 0) is 88.1 Å². The molecule has 1 heterocycles. The van der Waals surface area contributed by atoms with Crippen molar-refractivity contribution in [1.82, 2.24) is 0 Å². The zero-order valence-electron chi connectivity index (χ0n) is 19.5. The summed E-state index contributed by atoms with van der Waals surface area (Å²) in [5.74, 6) is -0.985. The van der Waals surface area contributed by atoms with Gasteiger partial charge in [0.2, 0.25) is 0 Å². The van der Waals surface area contributed by atoms with Crippen LogP contribution >= 0.6 is 15.9 Å². The summed E-state index contributed by atoms with van der Waals surface area (Å²) in [6.45, 7) is 0.0915. The molecule has 1 unspecified atom stereocenters. The number of fused-ring (bicyclic) bond motifs is 1. The molecule has 1 aliphatic rings. The van der Waals surface area contributed by atoms with Crippen LogP contribution in [0.3, 0.4) is 0 Å². The van der Waals surface area contributed by atoms with E-state index in [0.29, 0.717) is 38.9 Å². The highest BCUT2D eigenvalue weighted by molar-refractivity contribution is 9.10. The Kier molecular flexibility index (Phi) is 7.15. The molecule has 1 aromatic heterocycles. The summed E-state index contributed by atoms with van der Waals surface area (Å²) in [5.41, 5.74) is 8.91. The molecule has 1 atom stereocenters. The maximum Gasteiger partial charge on any atom is 0.252 e. The first-order chi connectivity index (χ1) is 17.7. The van der Waals surface area contributed by atoms with Crippen LogP contribution in [-0.4, -0.2) is 21.2 Å². The molecule has 3 aromatic carbocycles. The van der Waals surface area contributed by atoms with E-state index in [-0.39, 0.29) is 30.3 Å². The quantitative estimate of drug-likeness (QED) is 0.247. The summed E-state index contributed by atoms with van der Waals surface area (Å²) in [7, 11) is 0. The van der Waals surface area contributed by atoms with E-state index < -0.39 is 23.0 Å². The number of benzene rings is 3. The maximum atomic E-state index is 14.0. The maximum absolute atomic E-state index is 14.0. The third-order valence-electron chi connectivity index (χ3n) is 6.49. The minimum absolute atomic E-state index is 0.0915. The first-order valence-corrected chi connectivity index (χ1v) is 13.5. The third-order valence-corrected chi connectivity index (χ3v) is 7.87. The van der Waals surface area contributed by atoms with E-state index in [9.17, 15) is 22.3 Å². The van der Waals surface area contributed by atoms with Gasteiger partial charge >= 0.3 is 0 Å². The van der Waals surface area contributed by atoms with Gasteiger partial charge in [-0.15, -0.1) is 0 Å². The largest absolute Gasteiger partial charge is 0.755 e. The first kappa shape index (κ1) is 25.6. The fourth-order valence-corrected chi connectivity index (χ4v) is 5.33. The van der Waals surface area contributed by atoms with E-state index >= 15 is 0 Å². The Morgan fingerprint density at radius 1 is 1.11 bits per heavy atom. The number of nitrogens with zero attached hydrogens (tertiary/aromatic N) is 1. The highest BCUT2D eigenvalue weighted by Gasteiger charge is 2.31. The van der Waals surface area contributed by atoms with Crippen LogP contribution in [0.2, 0.25) is 0 Å². The van der Waals surface area contributed by atoms with Crippen molar-refractivity contribution in [2.45, 2.75) is 31.6 Å². The fraction of sp³-hybridized carbons (Fsp3) is 0.222. The molecule has 0 aliphatic heterocycles. The van der Waals surface area contributed by atoms with Crippen molar-refractivity contribution in [1.29, 1.82) is 0 Å². The molecule has 5 rings (SSSR count). The van der Waals surface area contributed by atoms with Crippen molar-refractivity contribution in [3.63, 3.8) is 0 Å². The molecule has 37 heavy (non-hydrogen) atoms. The molecule has 6 nitrogen and oxygen atoms in total. The zero-order chi connectivity index (χ0) is 26.3. The van der Waals surface area contributed by atoms with E-state index in [0.717, 1.165) is 24.0 Å². The molecule has 1 fully saturated rings. The average Bonchev–Trinajstić information content (AvgIpc) is 3.63. The number of rotatable bonds is 9. The Labute approximate surface area is 223 Å². The molecule has 0 spiro atoms. The Hall–Kier alpha value is -3.08. The van der Waals surface area contributed by atoms with Gasteiger partial charge in [-0.25, -0.2) is 8.78 Å². The van der Waals surface area contributed by atoms with Crippen molar-refractivity contribution >= 4 is 49.8 Å². The molecule has 1 saturated carbocycles. The first-order valence-electron chi connectivity index (χ1n) is 11.7. The number of hydrogen-bond donors (Lipinski definition) is 1. The number of carbonyl (C=O) groups is 1. The van der Waals surface area contributed by atoms with Crippen LogP contribution < -0.4 is 10.0 Å². The molecule has 1 aliphatic carbocycles. The normalized spacial score (nSPS) is 14.2. The standard InChI is InChI=1S/C27H23BrF2N2O4S/c28-21-8-3-16(11-22(21)30)9-10-32(37(34)35)23-14-24-20(13-19(23)17-4-5-17)26(27(31)33)25(36-24)12-15-1-6-18(29)7-2-15/h1-3,6-8,11,13-14,17H,4-5,9-10,12H2,(H2,31,33)(H,34,35)/p-1. The predicted octanol–water partition coefficient (Wildman–Crippen LogP) is 5.88. The Bertz CT molecular complexity index is 1520. The van der Waals surface area contributed by atoms with Crippen LogP contribution in [0.15, 0.2) is 63.5 Å². The van der Waals surface area contributed by atoms with Crippen molar-refractivity contribution in [3.8, 4) is 0 Å². The van der Waals surface area contributed by atoms with Crippen molar-refractivity contribution in [3.05, 3.63) is 98.7 Å². The monoisotopic (exact) mass is 587 g/mol. The van der Waals surface area contributed by atoms with E-state index in [4.69, 9.17) is 10.2 Å². The number of furan rings is 1. The second-order valence-corrected chi connectivity index (χ2v) is 10.8. The molecular formula is C27H22BrF2N2O4S-. The Morgan fingerprint density at radius 3 is 2.43 bits per heavy atom. The lowest BCUT2D eigenvalue weighted by Crippen LogP contribution is -2.28. The molecule has 2 N–H and O–H groups in total. The SMILES string of the molecule is NC(=O)c1c(Cc2ccc(F)cc2)oc2cc(N(CCc3ccc(Br)c(F)c3)S(=O)[O-])c(C3CC3)cc12. The molecule has 0 bridgehead atoms. The summed E-state index contributed by atoms with van der Waals surface area (Å²) in [6, 6.07) is 13.9. The molecule has 1 amide bonds. The highest BCUT2D eigenvalue weighted by Crippen LogP contribution is 2.47. The number of amides is 1. The lowest BCUT2D eigenvalue weighted by atomic mass is 10.0.